The summed E-state index contributed by atoms with van der Waals surface area (Å²) in [6.07, 6.45) is 0. The number of aromatic nitrogens is 2. The average molecular weight is 292 g/mol. The lowest BCUT2D eigenvalue weighted by molar-refractivity contribution is 0.0518. The van der Waals surface area contributed by atoms with Crippen molar-refractivity contribution in [1.82, 2.24) is 10.2 Å². The van der Waals surface area contributed by atoms with Gasteiger partial charge >= 0.3 is 5.97 Å². The molecule has 1 aliphatic heterocycles. The zero-order valence-corrected chi connectivity index (χ0v) is 11.5. The van der Waals surface area contributed by atoms with Crippen molar-refractivity contribution in [3.8, 4) is 11.3 Å². The van der Waals surface area contributed by atoms with Crippen molar-refractivity contribution >= 4 is 15.8 Å². The number of H-pyrrole nitrogens is 1. The van der Waals surface area contributed by atoms with Crippen molar-refractivity contribution in [3.05, 3.63) is 35.5 Å². The molecule has 2 aromatic rings. The summed E-state index contributed by atoms with van der Waals surface area (Å²) >= 11 is 0. The third kappa shape index (κ3) is 1.82. The van der Waals surface area contributed by atoms with Crippen molar-refractivity contribution in [2.45, 2.75) is 17.6 Å². The van der Waals surface area contributed by atoms with Crippen LogP contribution in [0.25, 0.3) is 11.3 Å². The van der Waals surface area contributed by atoms with E-state index in [2.05, 4.69) is 10.2 Å². The van der Waals surface area contributed by atoms with Gasteiger partial charge in [0.25, 0.3) is 0 Å². The van der Waals surface area contributed by atoms with E-state index in [-0.39, 0.29) is 22.9 Å². The highest BCUT2D eigenvalue weighted by Gasteiger charge is 2.33. The van der Waals surface area contributed by atoms with Crippen LogP contribution in [0.15, 0.2) is 29.2 Å². The number of fused-ring (bicyclic) bond motifs is 3. The predicted molar refractivity (Wildman–Crippen MR) is 70.9 cm³/mol. The molecule has 1 aromatic carbocycles. The Bertz CT molecular complexity index is 792. The van der Waals surface area contributed by atoms with Crippen LogP contribution in [0.4, 0.5) is 0 Å². The lowest BCUT2D eigenvalue weighted by atomic mass is 10.1. The summed E-state index contributed by atoms with van der Waals surface area (Å²) in [5, 5.41) is 6.66. The van der Waals surface area contributed by atoms with Crippen LogP contribution < -0.4 is 0 Å². The number of carbonyl (C=O) groups is 1. The zero-order chi connectivity index (χ0) is 14.3. The Labute approximate surface area is 115 Å². The quantitative estimate of drug-likeness (QED) is 0.848. The Morgan fingerprint density at radius 3 is 2.90 bits per heavy atom. The highest BCUT2D eigenvalue weighted by atomic mass is 32.2. The minimum Gasteiger partial charge on any atom is -0.461 e. The third-order valence-electron chi connectivity index (χ3n) is 3.16. The highest BCUT2D eigenvalue weighted by Crippen LogP contribution is 2.37. The fourth-order valence-corrected chi connectivity index (χ4v) is 3.92. The van der Waals surface area contributed by atoms with Crippen LogP contribution in [0.1, 0.15) is 23.0 Å². The summed E-state index contributed by atoms with van der Waals surface area (Å²) in [7, 11) is -3.46. The number of hydrogen-bond donors (Lipinski definition) is 1. The minimum atomic E-state index is -3.46. The summed E-state index contributed by atoms with van der Waals surface area (Å²) in [5.41, 5.74) is 1.53. The van der Waals surface area contributed by atoms with Gasteiger partial charge in [-0.3, -0.25) is 5.10 Å². The molecule has 0 unspecified atom stereocenters. The van der Waals surface area contributed by atoms with Crippen LogP contribution in [0, 0.1) is 0 Å². The molecule has 0 aliphatic carbocycles. The van der Waals surface area contributed by atoms with Crippen molar-refractivity contribution in [3.63, 3.8) is 0 Å². The molecule has 0 radical (unpaired) electrons. The van der Waals surface area contributed by atoms with Crippen molar-refractivity contribution < 1.29 is 17.9 Å². The Balaban J connectivity index is 2.22. The van der Waals surface area contributed by atoms with E-state index < -0.39 is 15.8 Å². The molecular weight excluding hydrogens is 280 g/mol. The van der Waals surface area contributed by atoms with E-state index in [1.165, 1.54) is 0 Å². The standard InChI is InChI=1S/C13H12N2O4S/c1-2-19-13(16)12-9-7-20(17,18)10-6-4-3-5-8(10)11(9)14-15-12/h3-6H,2,7H2,1H3,(H,14,15). The summed E-state index contributed by atoms with van der Waals surface area (Å²) in [6, 6.07) is 6.66. The van der Waals surface area contributed by atoms with Crippen molar-refractivity contribution in [2.24, 2.45) is 0 Å². The second kappa shape index (κ2) is 4.45. The molecule has 0 spiro atoms. The Morgan fingerprint density at radius 2 is 2.15 bits per heavy atom. The van der Waals surface area contributed by atoms with Crippen LogP contribution in [-0.2, 0) is 20.3 Å². The zero-order valence-electron chi connectivity index (χ0n) is 10.7. The first-order valence-corrected chi connectivity index (χ1v) is 7.76. The Morgan fingerprint density at radius 1 is 1.40 bits per heavy atom. The number of sulfone groups is 1. The molecule has 1 aromatic heterocycles. The van der Waals surface area contributed by atoms with Gasteiger partial charge in [-0.1, -0.05) is 18.2 Å². The monoisotopic (exact) mass is 292 g/mol. The van der Waals surface area contributed by atoms with Crippen LogP contribution in [0.5, 0.6) is 0 Å². The van der Waals surface area contributed by atoms with Gasteiger partial charge in [0.1, 0.15) is 0 Å². The van der Waals surface area contributed by atoms with Gasteiger partial charge in [-0.05, 0) is 13.0 Å². The predicted octanol–water partition coefficient (Wildman–Crippen LogP) is 1.54. The number of hydrogen-bond acceptors (Lipinski definition) is 5. The number of esters is 1. The number of nitrogens with one attached hydrogen (secondary N) is 1. The van der Waals surface area contributed by atoms with Crippen LogP contribution in [0.2, 0.25) is 0 Å². The number of ether oxygens (including phenoxy) is 1. The smallest absolute Gasteiger partial charge is 0.359 e. The van der Waals surface area contributed by atoms with E-state index in [0.29, 0.717) is 16.8 Å². The number of aromatic amines is 1. The normalized spacial score (nSPS) is 15.2. The van der Waals surface area contributed by atoms with E-state index in [4.69, 9.17) is 4.74 Å². The molecule has 1 N–H and O–H groups in total. The molecule has 2 heterocycles. The molecule has 0 fully saturated rings. The van der Waals surface area contributed by atoms with Crippen molar-refractivity contribution in [1.29, 1.82) is 0 Å². The first-order valence-electron chi connectivity index (χ1n) is 6.11. The van der Waals surface area contributed by atoms with E-state index in [1.54, 1.807) is 31.2 Å². The van der Waals surface area contributed by atoms with Gasteiger partial charge in [0.2, 0.25) is 0 Å². The largest absolute Gasteiger partial charge is 0.461 e. The van der Waals surface area contributed by atoms with Gasteiger partial charge in [-0.15, -0.1) is 0 Å². The first-order chi connectivity index (χ1) is 9.54. The van der Waals surface area contributed by atoms with Gasteiger partial charge in [0.15, 0.2) is 15.5 Å². The molecule has 0 bridgehead atoms. The molecule has 3 rings (SSSR count). The summed E-state index contributed by atoms with van der Waals surface area (Å²) in [4.78, 5) is 12.1. The highest BCUT2D eigenvalue weighted by molar-refractivity contribution is 7.90. The molecular formula is C13H12N2O4S. The third-order valence-corrected chi connectivity index (χ3v) is 4.86. The number of carbonyl (C=O) groups excluding carboxylic acids is 1. The van der Waals surface area contributed by atoms with Gasteiger partial charge in [0, 0.05) is 11.1 Å². The lowest BCUT2D eigenvalue weighted by Crippen LogP contribution is -2.15. The molecule has 104 valence electrons. The topological polar surface area (TPSA) is 89.1 Å². The summed E-state index contributed by atoms with van der Waals surface area (Å²) in [5.74, 6) is -0.858. The van der Waals surface area contributed by atoms with E-state index in [1.807, 2.05) is 0 Å². The maximum atomic E-state index is 12.3. The van der Waals surface area contributed by atoms with E-state index >= 15 is 0 Å². The van der Waals surface area contributed by atoms with Gasteiger partial charge in [-0.25, -0.2) is 13.2 Å². The second-order valence-corrected chi connectivity index (χ2v) is 6.36. The molecule has 1 aliphatic rings. The molecule has 0 saturated carbocycles. The Hall–Kier alpha value is -2.15. The van der Waals surface area contributed by atoms with Gasteiger partial charge < -0.3 is 4.74 Å². The SMILES string of the molecule is CCOC(=O)c1n[nH]c2c1CS(=O)(=O)c1ccccc1-2. The van der Waals surface area contributed by atoms with Crippen LogP contribution >= 0.6 is 0 Å². The lowest BCUT2D eigenvalue weighted by Gasteiger charge is -2.16. The molecule has 0 amide bonds. The molecule has 0 saturated heterocycles. The number of nitrogens with zero attached hydrogens (tertiary/aromatic N) is 1. The second-order valence-electron chi connectivity index (χ2n) is 4.40. The van der Waals surface area contributed by atoms with Crippen molar-refractivity contribution in [2.75, 3.05) is 6.61 Å². The van der Waals surface area contributed by atoms with E-state index in [9.17, 15) is 13.2 Å². The van der Waals surface area contributed by atoms with Crippen LogP contribution in [-0.4, -0.2) is 31.2 Å². The summed E-state index contributed by atoms with van der Waals surface area (Å²) in [6.45, 7) is 1.90. The molecule has 0 atom stereocenters. The first kappa shape index (κ1) is 12.9. The Kier molecular flexibility index (Phi) is 2.86. The fourth-order valence-electron chi connectivity index (χ4n) is 2.31. The maximum absolute atomic E-state index is 12.3. The van der Waals surface area contributed by atoms with Crippen LogP contribution in [0.3, 0.4) is 0 Å². The molecule has 6 nitrogen and oxygen atoms in total. The summed E-state index contributed by atoms with van der Waals surface area (Å²) < 4.78 is 29.4. The average Bonchev–Trinajstić information content (AvgIpc) is 2.82. The van der Waals surface area contributed by atoms with Gasteiger partial charge in [0.05, 0.1) is 22.9 Å². The fraction of sp³-hybridized carbons (Fsp3) is 0.231. The van der Waals surface area contributed by atoms with Gasteiger partial charge in [-0.2, -0.15) is 5.10 Å². The number of rotatable bonds is 2. The minimum absolute atomic E-state index is 0.0416. The maximum Gasteiger partial charge on any atom is 0.359 e. The molecule has 20 heavy (non-hydrogen) atoms. The van der Waals surface area contributed by atoms with E-state index in [0.717, 1.165) is 0 Å². The molecule has 7 heteroatoms. The number of benzene rings is 1.